The van der Waals surface area contributed by atoms with Crippen LogP contribution in [0.25, 0.3) is 5.82 Å². The van der Waals surface area contributed by atoms with E-state index in [4.69, 9.17) is 23.2 Å². The lowest BCUT2D eigenvalue weighted by atomic mass is 10.0. The third-order valence-corrected chi connectivity index (χ3v) is 6.65. The molecule has 0 aliphatic heterocycles. The van der Waals surface area contributed by atoms with E-state index < -0.39 is 23.8 Å². The molecule has 4 heterocycles. The molecule has 0 aliphatic rings. The van der Waals surface area contributed by atoms with Gasteiger partial charge in [-0.05, 0) is 59.7 Å². The normalized spacial score (nSPS) is 11.2. The van der Waals surface area contributed by atoms with E-state index in [-0.39, 0.29) is 57.3 Å². The maximum atomic E-state index is 13.8. The molecule has 0 radical (unpaired) electrons. The van der Waals surface area contributed by atoms with E-state index in [1.807, 2.05) is 6.07 Å². The Kier molecular flexibility index (Phi) is 8.75. The van der Waals surface area contributed by atoms with E-state index in [1.165, 1.54) is 36.7 Å². The first-order valence-electron chi connectivity index (χ1n) is 12.7. The molecule has 5 rings (SSSR count). The zero-order chi connectivity index (χ0) is 32.3. The molecule has 5 aromatic rings. The van der Waals surface area contributed by atoms with Crippen LogP contribution in [0.5, 0.6) is 0 Å². The average molecular weight is 656 g/mol. The van der Waals surface area contributed by atoms with Crippen LogP contribution in [-0.2, 0) is 19.3 Å². The molecule has 0 aliphatic carbocycles. The van der Waals surface area contributed by atoms with Crippen LogP contribution in [0.3, 0.4) is 0 Å². The first-order chi connectivity index (χ1) is 21.4. The van der Waals surface area contributed by atoms with Crippen LogP contribution in [0.15, 0.2) is 54.9 Å². The van der Waals surface area contributed by atoms with E-state index in [0.717, 1.165) is 4.68 Å². The number of carbonyl (C=O) groups is 2. The van der Waals surface area contributed by atoms with Crippen molar-refractivity contribution in [3.8, 4) is 11.9 Å². The summed E-state index contributed by atoms with van der Waals surface area (Å²) in [7, 11) is 0. The molecule has 228 valence electrons. The number of pyridine rings is 2. The number of hydrogen-bond acceptors (Lipinski definition) is 9. The fourth-order valence-electron chi connectivity index (χ4n) is 4.10. The molecule has 13 nitrogen and oxygen atoms in total. The highest BCUT2D eigenvalue weighted by Gasteiger charge is 2.37. The van der Waals surface area contributed by atoms with Gasteiger partial charge in [-0.3, -0.25) is 9.59 Å². The Labute approximate surface area is 261 Å². The van der Waals surface area contributed by atoms with Crippen molar-refractivity contribution in [2.24, 2.45) is 0 Å². The molecule has 0 fully saturated rings. The van der Waals surface area contributed by atoms with Crippen molar-refractivity contribution in [3.63, 3.8) is 0 Å². The third-order valence-electron chi connectivity index (χ3n) is 6.13. The molecule has 2 amide bonds. The number of anilines is 1. The van der Waals surface area contributed by atoms with Gasteiger partial charge in [0.05, 0.1) is 33.6 Å². The fourth-order valence-corrected chi connectivity index (χ4v) is 4.41. The van der Waals surface area contributed by atoms with Gasteiger partial charge in [-0.2, -0.15) is 28.3 Å². The predicted octanol–water partition coefficient (Wildman–Crippen LogP) is 4.39. The van der Waals surface area contributed by atoms with Crippen molar-refractivity contribution >= 4 is 40.7 Å². The zero-order valence-electron chi connectivity index (χ0n) is 22.8. The summed E-state index contributed by atoms with van der Waals surface area (Å²) in [5.41, 5.74) is 1.25. The van der Waals surface area contributed by atoms with Gasteiger partial charge in [0, 0.05) is 18.9 Å². The summed E-state index contributed by atoms with van der Waals surface area (Å²) in [5.74, 6) is -2.77. The molecule has 0 saturated carbocycles. The number of amides is 2. The summed E-state index contributed by atoms with van der Waals surface area (Å²) in [6.45, 7) is 1.29. The number of carbonyl (C=O) groups excluding carboxylic acids is 2. The van der Waals surface area contributed by atoms with E-state index in [2.05, 4.69) is 41.1 Å². The van der Waals surface area contributed by atoms with Crippen molar-refractivity contribution in [1.29, 1.82) is 5.26 Å². The smallest absolute Gasteiger partial charge is 0.348 e. The van der Waals surface area contributed by atoms with Crippen molar-refractivity contribution in [2.45, 2.75) is 26.2 Å². The minimum Gasteiger partial charge on any atom is -0.348 e. The molecular weight excluding hydrogens is 638 g/mol. The number of tetrazole rings is 1. The summed E-state index contributed by atoms with van der Waals surface area (Å²) in [5, 5.41) is 29.4. The molecular formula is C27H18Cl2F3N11O2. The number of aromatic nitrogens is 8. The molecule has 18 heteroatoms. The average Bonchev–Trinajstić information content (AvgIpc) is 3.65. The number of benzene rings is 1. The predicted molar refractivity (Wildman–Crippen MR) is 153 cm³/mol. The van der Waals surface area contributed by atoms with Crippen LogP contribution in [-0.4, -0.2) is 51.8 Å². The first-order valence-corrected chi connectivity index (χ1v) is 13.5. The molecule has 0 saturated heterocycles. The standard InChI is InChI=1S/C27H18Cl2F3N11O2/c1-14-7-16(10-33)8-18(24(44)36-12-15-4-5-21(29)35-11-15)22(14)37-25(45)20-9-17(13-42-40-26(38-41-42)27(30,31)32)39-43(20)23-19(28)3-2-6-34-23/h2-9,11H,12-13H2,1H3,(H,36,44)(H,37,45). The highest BCUT2D eigenvalue weighted by molar-refractivity contribution is 6.32. The van der Waals surface area contributed by atoms with Crippen LogP contribution in [0.4, 0.5) is 18.9 Å². The number of nitrogens with one attached hydrogen (secondary N) is 2. The molecule has 0 atom stereocenters. The van der Waals surface area contributed by atoms with Crippen molar-refractivity contribution < 1.29 is 22.8 Å². The molecule has 2 N–H and O–H groups in total. The van der Waals surface area contributed by atoms with Gasteiger partial charge in [-0.25, -0.2) is 14.6 Å². The van der Waals surface area contributed by atoms with E-state index in [0.29, 0.717) is 15.9 Å². The third kappa shape index (κ3) is 7.06. The van der Waals surface area contributed by atoms with Crippen molar-refractivity contribution in [1.82, 2.24) is 45.3 Å². The molecule has 0 unspecified atom stereocenters. The minimum atomic E-state index is -4.81. The van der Waals surface area contributed by atoms with Crippen molar-refractivity contribution in [2.75, 3.05) is 5.32 Å². The van der Waals surface area contributed by atoms with E-state index in [1.54, 1.807) is 25.1 Å². The Balaban J connectivity index is 1.48. The Morgan fingerprint density at radius 1 is 1.07 bits per heavy atom. The first kappa shape index (κ1) is 31.0. The van der Waals surface area contributed by atoms with Gasteiger partial charge >= 0.3 is 6.18 Å². The van der Waals surface area contributed by atoms with Crippen LogP contribution >= 0.6 is 23.2 Å². The largest absolute Gasteiger partial charge is 0.455 e. The van der Waals surface area contributed by atoms with Gasteiger partial charge < -0.3 is 10.6 Å². The van der Waals surface area contributed by atoms with Gasteiger partial charge in [-0.1, -0.05) is 29.3 Å². The van der Waals surface area contributed by atoms with Crippen LogP contribution < -0.4 is 10.6 Å². The van der Waals surface area contributed by atoms with Gasteiger partial charge in [0.25, 0.3) is 17.6 Å². The maximum absolute atomic E-state index is 13.8. The molecule has 1 aromatic carbocycles. The van der Waals surface area contributed by atoms with E-state index >= 15 is 0 Å². The number of nitrogens with zero attached hydrogens (tertiary/aromatic N) is 9. The lowest BCUT2D eigenvalue weighted by Crippen LogP contribution is -2.26. The van der Waals surface area contributed by atoms with E-state index in [9.17, 15) is 28.0 Å². The summed E-state index contributed by atoms with van der Waals surface area (Å²) >= 11 is 12.1. The number of nitriles is 1. The number of halogens is 5. The van der Waals surface area contributed by atoms with Gasteiger partial charge in [0.2, 0.25) is 0 Å². The number of rotatable bonds is 8. The van der Waals surface area contributed by atoms with Crippen LogP contribution in [0.2, 0.25) is 10.2 Å². The molecule has 0 spiro atoms. The van der Waals surface area contributed by atoms with Gasteiger partial charge in [0.1, 0.15) is 17.4 Å². The monoisotopic (exact) mass is 655 g/mol. The minimum absolute atomic E-state index is 0.00419. The number of aryl methyl sites for hydroxylation is 1. The van der Waals surface area contributed by atoms with Gasteiger partial charge in [-0.15, -0.1) is 10.2 Å². The number of hydrogen-bond donors (Lipinski definition) is 2. The summed E-state index contributed by atoms with van der Waals surface area (Å²) in [4.78, 5) is 35.9. The molecule has 0 bridgehead atoms. The van der Waals surface area contributed by atoms with Crippen LogP contribution in [0, 0.1) is 18.3 Å². The maximum Gasteiger partial charge on any atom is 0.455 e. The Morgan fingerprint density at radius 3 is 2.53 bits per heavy atom. The van der Waals surface area contributed by atoms with Crippen LogP contribution in [0.1, 0.15) is 49.1 Å². The lowest BCUT2D eigenvalue weighted by molar-refractivity contribution is -0.145. The topological polar surface area (TPSA) is 169 Å². The SMILES string of the molecule is Cc1cc(C#N)cc(C(=O)NCc2ccc(Cl)nc2)c1NC(=O)c1cc(Cn2nnc(C(F)(F)F)n2)nn1-c1ncccc1Cl. The summed E-state index contributed by atoms with van der Waals surface area (Å²) < 4.78 is 40.0. The quantitative estimate of drug-likeness (QED) is 0.230. The molecule has 45 heavy (non-hydrogen) atoms. The second kappa shape index (κ2) is 12.7. The Hall–Kier alpha value is -5.40. The fraction of sp³-hybridized carbons (Fsp3) is 0.148. The van der Waals surface area contributed by atoms with Crippen molar-refractivity contribution in [3.05, 3.63) is 105 Å². The number of alkyl halides is 3. The highest BCUT2D eigenvalue weighted by atomic mass is 35.5. The zero-order valence-corrected chi connectivity index (χ0v) is 24.4. The van der Waals surface area contributed by atoms with Gasteiger partial charge in [0.15, 0.2) is 5.82 Å². The second-order valence-corrected chi connectivity index (χ2v) is 10.1. The Bertz CT molecular complexity index is 1950. The molecule has 4 aromatic heterocycles. The summed E-state index contributed by atoms with van der Waals surface area (Å²) in [6.07, 6.45) is -1.91. The Morgan fingerprint density at radius 2 is 1.87 bits per heavy atom. The second-order valence-electron chi connectivity index (χ2n) is 9.34. The summed E-state index contributed by atoms with van der Waals surface area (Å²) in [6, 6.07) is 12.4. The lowest BCUT2D eigenvalue weighted by Gasteiger charge is -2.15. The highest BCUT2D eigenvalue weighted by Crippen LogP contribution is 2.27.